The lowest BCUT2D eigenvalue weighted by Gasteiger charge is -2.36. The van der Waals surface area contributed by atoms with Crippen LogP contribution in [0.5, 0.6) is 11.5 Å². The molecule has 1 aliphatic rings. The second-order valence-electron chi connectivity index (χ2n) is 10.7. The van der Waals surface area contributed by atoms with E-state index in [0.717, 1.165) is 22.3 Å². The van der Waals surface area contributed by atoms with Gasteiger partial charge in [-0.05, 0) is 59.4 Å². The van der Waals surface area contributed by atoms with Crippen molar-refractivity contribution in [2.45, 2.75) is 50.2 Å². The monoisotopic (exact) mass is 566 g/mol. The summed E-state index contributed by atoms with van der Waals surface area (Å²) in [5.74, 6) is 1.39. The third-order valence-electron chi connectivity index (χ3n) is 7.98. The number of carbonyl (C=O) groups is 1. The highest BCUT2D eigenvalue weighted by molar-refractivity contribution is 5.76. The molecule has 4 atom stereocenters. The highest BCUT2D eigenvalue weighted by Gasteiger charge is 2.46. The van der Waals surface area contributed by atoms with E-state index < -0.39 is 24.3 Å². The van der Waals surface area contributed by atoms with Crippen LogP contribution >= 0.6 is 0 Å². The van der Waals surface area contributed by atoms with E-state index in [2.05, 4.69) is 0 Å². The summed E-state index contributed by atoms with van der Waals surface area (Å²) in [6.07, 6.45) is -1.72. The van der Waals surface area contributed by atoms with Crippen molar-refractivity contribution in [3.05, 3.63) is 131 Å². The summed E-state index contributed by atoms with van der Waals surface area (Å²) in [6.45, 7) is 0.574. The predicted molar refractivity (Wildman–Crippen MR) is 162 cm³/mol. The second kappa shape index (κ2) is 13.6. The van der Waals surface area contributed by atoms with E-state index >= 15 is 0 Å². The molecule has 7 nitrogen and oxygen atoms in total. The van der Waals surface area contributed by atoms with Gasteiger partial charge in [0.05, 0.1) is 26.3 Å². The van der Waals surface area contributed by atoms with Crippen molar-refractivity contribution in [3.63, 3.8) is 0 Å². The Morgan fingerprint density at radius 3 is 1.33 bits per heavy atom. The van der Waals surface area contributed by atoms with Gasteiger partial charge in [0.2, 0.25) is 0 Å². The van der Waals surface area contributed by atoms with Gasteiger partial charge in [0, 0.05) is 13.1 Å². The quantitative estimate of drug-likeness (QED) is 0.280. The molecule has 1 fully saturated rings. The average Bonchev–Trinajstić information content (AvgIpc) is 3.09. The number of aliphatic hydroxyl groups is 2. The zero-order chi connectivity index (χ0) is 29.5. The van der Waals surface area contributed by atoms with Crippen LogP contribution in [0, 0.1) is 0 Å². The first-order valence-electron chi connectivity index (χ1n) is 14.2. The zero-order valence-electron chi connectivity index (χ0n) is 24.0. The minimum atomic E-state index is -1.21. The number of hydrogen-bond donors (Lipinski definition) is 2. The maximum absolute atomic E-state index is 14.7. The molecular weight excluding hydrogens is 528 g/mol. The minimum absolute atomic E-state index is 0.237. The van der Waals surface area contributed by atoms with E-state index in [1.54, 1.807) is 24.0 Å². The van der Waals surface area contributed by atoms with Crippen LogP contribution < -0.4 is 9.47 Å². The molecule has 42 heavy (non-hydrogen) atoms. The maximum Gasteiger partial charge on any atom is 0.321 e. The lowest BCUT2D eigenvalue weighted by molar-refractivity contribution is -0.0408. The van der Waals surface area contributed by atoms with Crippen LogP contribution in [0.15, 0.2) is 109 Å². The van der Waals surface area contributed by atoms with Gasteiger partial charge in [0.25, 0.3) is 0 Å². The first kappa shape index (κ1) is 29.2. The molecule has 218 valence electrons. The summed E-state index contributed by atoms with van der Waals surface area (Å²) in [4.78, 5) is 18.1. The Kier molecular flexibility index (Phi) is 9.41. The van der Waals surface area contributed by atoms with Crippen LogP contribution in [-0.2, 0) is 25.9 Å². The highest BCUT2D eigenvalue weighted by Crippen LogP contribution is 2.31. The van der Waals surface area contributed by atoms with Gasteiger partial charge in [0.15, 0.2) is 0 Å². The number of nitrogens with zero attached hydrogens (tertiary/aromatic N) is 2. The second-order valence-corrected chi connectivity index (χ2v) is 10.7. The molecule has 0 aliphatic carbocycles. The van der Waals surface area contributed by atoms with Gasteiger partial charge in [-0.25, -0.2) is 4.79 Å². The summed E-state index contributed by atoms with van der Waals surface area (Å²) in [7, 11) is 3.22. The molecule has 7 heteroatoms. The Morgan fingerprint density at radius 1 is 0.571 bits per heavy atom. The molecule has 0 aromatic heterocycles. The SMILES string of the molecule is COc1cccc(C[C@@H]2[C@H](O)[C@@H](O)[C@@H](Cc3cccc(OC)c3)N(Cc3ccccc3)C(=O)N2Cc2ccccc2)c1. The van der Waals surface area contributed by atoms with E-state index in [0.29, 0.717) is 24.3 Å². The largest absolute Gasteiger partial charge is 0.497 e. The van der Waals surface area contributed by atoms with E-state index in [9.17, 15) is 15.0 Å². The van der Waals surface area contributed by atoms with Crippen molar-refractivity contribution in [3.8, 4) is 11.5 Å². The van der Waals surface area contributed by atoms with Crippen molar-refractivity contribution in [1.29, 1.82) is 0 Å². The molecule has 0 saturated carbocycles. The third kappa shape index (κ3) is 6.75. The molecule has 2 N–H and O–H groups in total. The zero-order valence-corrected chi connectivity index (χ0v) is 24.0. The lowest BCUT2D eigenvalue weighted by atomic mass is 9.90. The van der Waals surface area contributed by atoms with E-state index in [4.69, 9.17) is 9.47 Å². The molecule has 0 unspecified atom stereocenters. The standard InChI is InChI=1S/C35H38N2O5/c1-41-29-17-9-15-27(19-29)21-31-33(38)34(39)32(22-28-16-10-18-30(20-28)42-2)37(24-26-13-7-4-8-14-26)35(40)36(31)23-25-11-5-3-6-12-25/h3-20,31-34,38-39H,21-24H2,1-2H3/t31-,32-,33+,34+/m1/s1. The summed E-state index contributed by atoms with van der Waals surface area (Å²) in [5, 5.41) is 23.8. The maximum atomic E-state index is 14.7. The Hall–Kier alpha value is -4.33. The highest BCUT2D eigenvalue weighted by atomic mass is 16.5. The number of hydrogen-bond acceptors (Lipinski definition) is 5. The van der Waals surface area contributed by atoms with Gasteiger partial charge < -0.3 is 29.5 Å². The molecular formula is C35H38N2O5. The topological polar surface area (TPSA) is 82.5 Å². The normalized spacial score (nSPS) is 20.7. The van der Waals surface area contributed by atoms with Crippen LogP contribution in [0.1, 0.15) is 22.3 Å². The van der Waals surface area contributed by atoms with Crippen LogP contribution in [0.2, 0.25) is 0 Å². The van der Waals surface area contributed by atoms with Gasteiger partial charge in [-0.15, -0.1) is 0 Å². The van der Waals surface area contributed by atoms with Gasteiger partial charge >= 0.3 is 6.03 Å². The lowest BCUT2D eigenvalue weighted by Crippen LogP contribution is -2.50. The van der Waals surface area contributed by atoms with Gasteiger partial charge in [-0.3, -0.25) is 0 Å². The summed E-state index contributed by atoms with van der Waals surface area (Å²) < 4.78 is 10.9. The summed E-state index contributed by atoms with van der Waals surface area (Å²) >= 11 is 0. The third-order valence-corrected chi connectivity index (χ3v) is 7.98. The number of rotatable bonds is 10. The molecule has 0 radical (unpaired) electrons. The van der Waals surface area contributed by atoms with Crippen molar-refractivity contribution in [2.24, 2.45) is 0 Å². The molecule has 4 aromatic rings. The summed E-state index contributed by atoms with van der Waals surface area (Å²) in [5.41, 5.74) is 3.68. The van der Waals surface area contributed by atoms with Crippen LogP contribution in [0.25, 0.3) is 0 Å². The van der Waals surface area contributed by atoms with E-state index in [1.807, 2.05) is 109 Å². The Balaban J connectivity index is 1.58. The predicted octanol–water partition coefficient (Wildman–Crippen LogP) is 5.09. The Morgan fingerprint density at radius 2 is 0.952 bits per heavy atom. The fourth-order valence-electron chi connectivity index (χ4n) is 5.75. The number of ether oxygens (including phenoxy) is 2. The van der Waals surface area contributed by atoms with Crippen molar-refractivity contribution >= 4 is 6.03 Å². The fraction of sp³-hybridized carbons (Fsp3) is 0.286. The van der Waals surface area contributed by atoms with Crippen molar-refractivity contribution < 1.29 is 24.5 Å². The van der Waals surface area contributed by atoms with E-state index in [-0.39, 0.29) is 19.1 Å². The molecule has 1 aliphatic heterocycles. The van der Waals surface area contributed by atoms with Crippen LogP contribution in [-0.4, -0.2) is 64.6 Å². The summed E-state index contributed by atoms with van der Waals surface area (Å²) in [6, 6.07) is 33.1. The number of carbonyl (C=O) groups excluding carboxylic acids is 1. The molecule has 2 amide bonds. The van der Waals surface area contributed by atoms with Gasteiger partial charge in [0.1, 0.15) is 23.7 Å². The van der Waals surface area contributed by atoms with Crippen LogP contribution in [0.4, 0.5) is 4.79 Å². The van der Waals surface area contributed by atoms with Crippen molar-refractivity contribution in [2.75, 3.05) is 14.2 Å². The first-order chi connectivity index (χ1) is 20.5. The van der Waals surface area contributed by atoms with E-state index in [1.165, 1.54) is 0 Å². The molecule has 1 saturated heterocycles. The van der Waals surface area contributed by atoms with Crippen molar-refractivity contribution in [1.82, 2.24) is 9.80 Å². The minimum Gasteiger partial charge on any atom is -0.497 e. The Bertz CT molecular complexity index is 1340. The van der Waals surface area contributed by atoms with Gasteiger partial charge in [-0.2, -0.15) is 0 Å². The number of aliphatic hydroxyl groups excluding tert-OH is 2. The molecule has 5 rings (SSSR count). The molecule has 0 bridgehead atoms. The molecule has 1 heterocycles. The number of methoxy groups -OCH3 is 2. The number of benzene rings is 4. The molecule has 4 aromatic carbocycles. The van der Waals surface area contributed by atoms with Gasteiger partial charge in [-0.1, -0.05) is 84.9 Å². The first-order valence-corrected chi connectivity index (χ1v) is 14.2. The molecule has 0 spiro atoms. The smallest absolute Gasteiger partial charge is 0.321 e. The average molecular weight is 567 g/mol. The van der Waals surface area contributed by atoms with Crippen LogP contribution in [0.3, 0.4) is 0 Å². The Labute approximate surface area is 247 Å². The number of urea groups is 1. The fourth-order valence-corrected chi connectivity index (χ4v) is 5.75. The number of amides is 2.